The molecule has 21 heavy (non-hydrogen) atoms. The number of carbonyl (C=O) groups is 1. The Balaban J connectivity index is 2.00. The van der Waals surface area contributed by atoms with Gasteiger partial charge in [-0.15, -0.1) is 13.2 Å². The van der Waals surface area contributed by atoms with Gasteiger partial charge in [0.2, 0.25) is 0 Å². The number of ether oxygens (including phenoxy) is 2. The summed E-state index contributed by atoms with van der Waals surface area (Å²) < 4.78 is 46.0. The Morgan fingerprint density at radius 1 is 1.05 bits per heavy atom. The number of alkyl halides is 3. The number of halogens is 3. The van der Waals surface area contributed by atoms with E-state index in [1.54, 1.807) is 24.3 Å². The topological polar surface area (TPSA) is 47.6 Å². The maximum atomic E-state index is 12.2. The summed E-state index contributed by atoms with van der Waals surface area (Å²) in [6.07, 6.45) is -4.82. The molecule has 0 saturated heterocycles. The number of benzene rings is 2. The third-order valence-corrected chi connectivity index (χ3v) is 2.78. The highest BCUT2D eigenvalue weighted by atomic mass is 19.4. The number of nitrogens with one attached hydrogen (secondary N) is 1. The van der Waals surface area contributed by atoms with Crippen LogP contribution in [0.5, 0.6) is 17.2 Å². The van der Waals surface area contributed by atoms with E-state index in [0.29, 0.717) is 11.4 Å². The summed E-state index contributed by atoms with van der Waals surface area (Å²) in [4.78, 5) is 12.1. The fourth-order valence-electron chi connectivity index (χ4n) is 1.94. The molecule has 1 aliphatic heterocycles. The molecule has 108 valence electrons. The smallest absolute Gasteiger partial charge is 0.454 e. The highest BCUT2D eigenvalue weighted by molar-refractivity contribution is 6.08. The van der Waals surface area contributed by atoms with Gasteiger partial charge in [-0.05, 0) is 30.3 Å². The summed E-state index contributed by atoms with van der Waals surface area (Å²) in [6.45, 7) is 0. The van der Waals surface area contributed by atoms with Gasteiger partial charge in [0.1, 0.15) is 11.5 Å². The lowest BCUT2D eigenvalue weighted by Gasteiger charge is -2.11. The number of hydrogen-bond acceptors (Lipinski definition) is 3. The molecule has 7 heteroatoms. The Morgan fingerprint density at radius 3 is 2.57 bits per heavy atom. The van der Waals surface area contributed by atoms with Crippen LogP contribution in [0.1, 0.15) is 10.4 Å². The number of para-hydroxylation sites is 2. The molecule has 2 aromatic rings. The van der Waals surface area contributed by atoms with Gasteiger partial charge in [0.15, 0.2) is 5.75 Å². The predicted molar refractivity (Wildman–Crippen MR) is 67.6 cm³/mol. The number of hydrogen-bond donors (Lipinski definition) is 1. The van der Waals surface area contributed by atoms with Crippen molar-refractivity contribution in [3.8, 4) is 17.2 Å². The standard InChI is InChI=1S/C14H8F3NO3/c15-14(16,17)21-8-5-6-11-9(7-8)13(19)18-10-3-1-2-4-12(10)20-11/h1-7H,(H,18,19). The zero-order valence-corrected chi connectivity index (χ0v) is 10.4. The van der Waals surface area contributed by atoms with Gasteiger partial charge in [0.05, 0.1) is 11.3 Å². The maximum absolute atomic E-state index is 12.2. The number of rotatable bonds is 1. The molecule has 1 aliphatic rings. The summed E-state index contributed by atoms with van der Waals surface area (Å²) in [5.74, 6) is -0.477. The van der Waals surface area contributed by atoms with Crippen LogP contribution < -0.4 is 14.8 Å². The molecule has 0 atom stereocenters. The van der Waals surface area contributed by atoms with Crippen molar-refractivity contribution >= 4 is 11.6 Å². The minimum absolute atomic E-state index is 0.0343. The molecular formula is C14H8F3NO3. The normalized spacial score (nSPS) is 13.4. The first-order chi connectivity index (χ1) is 9.92. The first kappa shape index (κ1) is 13.3. The van der Waals surface area contributed by atoms with E-state index in [9.17, 15) is 18.0 Å². The summed E-state index contributed by atoms with van der Waals surface area (Å²) in [6, 6.07) is 10.0. The largest absolute Gasteiger partial charge is 0.573 e. The lowest BCUT2D eigenvalue weighted by atomic mass is 10.2. The Morgan fingerprint density at radius 2 is 1.81 bits per heavy atom. The Bertz CT molecular complexity index is 713. The molecular weight excluding hydrogens is 287 g/mol. The quantitative estimate of drug-likeness (QED) is 0.866. The molecule has 0 aromatic heterocycles. The summed E-state index contributed by atoms with van der Waals surface area (Å²) >= 11 is 0. The van der Waals surface area contributed by atoms with Crippen molar-refractivity contribution < 1.29 is 27.4 Å². The van der Waals surface area contributed by atoms with Crippen molar-refractivity contribution in [1.29, 1.82) is 0 Å². The minimum Gasteiger partial charge on any atom is -0.454 e. The second kappa shape index (κ2) is 4.69. The maximum Gasteiger partial charge on any atom is 0.573 e. The first-order valence-corrected chi connectivity index (χ1v) is 5.90. The molecule has 1 N–H and O–H groups in total. The van der Waals surface area contributed by atoms with Gasteiger partial charge >= 0.3 is 6.36 Å². The SMILES string of the molecule is O=C1Nc2ccccc2Oc2ccc(OC(F)(F)F)cc21. The van der Waals surface area contributed by atoms with E-state index < -0.39 is 18.0 Å². The number of amides is 1. The first-order valence-electron chi connectivity index (χ1n) is 5.90. The Kier molecular flexibility index (Phi) is 2.97. The monoisotopic (exact) mass is 295 g/mol. The summed E-state index contributed by atoms with van der Waals surface area (Å²) in [7, 11) is 0. The van der Waals surface area contributed by atoms with Crippen LogP contribution in [0.4, 0.5) is 18.9 Å². The van der Waals surface area contributed by atoms with Gasteiger partial charge in [-0.2, -0.15) is 0 Å². The number of fused-ring (bicyclic) bond motifs is 2. The van der Waals surface area contributed by atoms with Gasteiger partial charge in [-0.3, -0.25) is 4.79 Å². The molecule has 0 spiro atoms. The van der Waals surface area contributed by atoms with E-state index in [-0.39, 0.29) is 11.3 Å². The van der Waals surface area contributed by atoms with Crippen LogP contribution in [0.15, 0.2) is 42.5 Å². The highest BCUT2D eigenvalue weighted by Crippen LogP contribution is 2.37. The number of anilines is 1. The zero-order valence-electron chi connectivity index (χ0n) is 10.4. The van der Waals surface area contributed by atoms with E-state index >= 15 is 0 Å². The molecule has 3 rings (SSSR count). The molecule has 0 saturated carbocycles. The van der Waals surface area contributed by atoms with Crippen molar-refractivity contribution in [2.45, 2.75) is 6.36 Å². The van der Waals surface area contributed by atoms with Crippen LogP contribution in [0, 0.1) is 0 Å². The second-order valence-electron chi connectivity index (χ2n) is 4.26. The van der Waals surface area contributed by atoms with E-state index in [2.05, 4.69) is 10.1 Å². The van der Waals surface area contributed by atoms with Crippen molar-refractivity contribution in [3.63, 3.8) is 0 Å². The molecule has 1 heterocycles. The van der Waals surface area contributed by atoms with Gasteiger partial charge in [-0.1, -0.05) is 12.1 Å². The van der Waals surface area contributed by atoms with E-state index in [0.717, 1.165) is 12.1 Å². The van der Waals surface area contributed by atoms with Gasteiger partial charge in [0, 0.05) is 0 Å². The van der Waals surface area contributed by atoms with Gasteiger partial charge in [0.25, 0.3) is 5.91 Å². The zero-order chi connectivity index (χ0) is 15.0. The highest BCUT2D eigenvalue weighted by Gasteiger charge is 2.32. The molecule has 0 fully saturated rings. The molecule has 0 radical (unpaired) electrons. The van der Waals surface area contributed by atoms with Gasteiger partial charge < -0.3 is 14.8 Å². The van der Waals surface area contributed by atoms with Crippen LogP contribution in [0.25, 0.3) is 0 Å². The molecule has 0 bridgehead atoms. The van der Waals surface area contributed by atoms with Crippen molar-refractivity contribution in [2.24, 2.45) is 0 Å². The lowest BCUT2D eigenvalue weighted by Crippen LogP contribution is -2.18. The fraction of sp³-hybridized carbons (Fsp3) is 0.0714. The van der Waals surface area contributed by atoms with Crippen LogP contribution in [0.2, 0.25) is 0 Å². The van der Waals surface area contributed by atoms with Crippen molar-refractivity contribution in [2.75, 3.05) is 5.32 Å². The Hall–Kier alpha value is -2.70. The molecule has 4 nitrogen and oxygen atoms in total. The average molecular weight is 295 g/mol. The molecule has 0 unspecified atom stereocenters. The number of carbonyl (C=O) groups excluding carboxylic acids is 1. The van der Waals surface area contributed by atoms with Crippen LogP contribution >= 0.6 is 0 Å². The van der Waals surface area contributed by atoms with E-state index in [1.807, 2.05) is 0 Å². The lowest BCUT2D eigenvalue weighted by molar-refractivity contribution is -0.274. The van der Waals surface area contributed by atoms with Crippen LogP contribution in [-0.2, 0) is 0 Å². The summed E-state index contributed by atoms with van der Waals surface area (Å²) in [5, 5.41) is 2.57. The molecule has 0 aliphatic carbocycles. The van der Waals surface area contributed by atoms with E-state index in [4.69, 9.17) is 4.74 Å². The second-order valence-corrected chi connectivity index (χ2v) is 4.26. The third kappa shape index (κ3) is 2.76. The minimum atomic E-state index is -4.82. The Labute approximate surface area is 117 Å². The molecule has 1 amide bonds. The fourth-order valence-corrected chi connectivity index (χ4v) is 1.94. The third-order valence-electron chi connectivity index (χ3n) is 2.78. The van der Waals surface area contributed by atoms with Crippen molar-refractivity contribution in [1.82, 2.24) is 0 Å². The van der Waals surface area contributed by atoms with Gasteiger partial charge in [-0.25, -0.2) is 0 Å². The van der Waals surface area contributed by atoms with Crippen LogP contribution in [-0.4, -0.2) is 12.3 Å². The van der Waals surface area contributed by atoms with Crippen molar-refractivity contribution in [3.05, 3.63) is 48.0 Å². The predicted octanol–water partition coefficient (Wildman–Crippen LogP) is 3.94. The summed E-state index contributed by atoms with van der Waals surface area (Å²) in [5.41, 5.74) is 0.407. The molecule has 2 aromatic carbocycles. The average Bonchev–Trinajstić information content (AvgIpc) is 2.53. The van der Waals surface area contributed by atoms with Crippen LogP contribution in [0.3, 0.4) is 0 Å². The van der Waals surface area contributed by atoms with E-state index in [1.165, 1.54) is 6.07 Å².